The lowest BCUT2D eigenvalue weighted by Gasteiger charge is -2.24. The minimum absolute atomic E-state index is 0.216. The highest BCUT2D eigenvalue weighted by atomic mass is 35.5. The van der Waals surface area contributed by atoms with Crippen LogP contribution in [0.2, 0.25) is 5.02 Å². The Morgan fingerprint density at radius 1 is 1.07 bits per heavy atom. The molecule has 1 aromatic heterocycles. The minimum atomic E-state index is -0.668. The van der Waals surface area contributed by atoms with Crippen molar-refractivity contribution in [2.75, 3.05) is 13.7 Å². The fraction of sp³-hybridized carbons (Fsp3) is 0.242. The van der Waals surface area contributed by atoms with E-state index in [9.17, 15) is 9.59 Å². The molecule has 0 saturated carbocycles. The number of allylic oxidation sites excluding steroid dienone is 1. The first-order valence-corrected chi connectivity index (χ1v) is 14.7. The molecule has 0 N–H and O–H groups in total. The van der Waals surface area contributed by atoms with Gasteiger partial charge in [0.15, 0.2) is 16.3 Å². The first kappa shape index (κ1) is 29.4. The summed E-state index contributed by atoms with van der Waals surface area (Å²) in [7, 11) is 1.55. The monoisotopic (exact) mass is 602 g/mol. The number of aryl methyl sites for hydroxylation is 2. The fourth-order valence-electron chi connectivity index (χ4n) is 4.93. The molecule has 1 aliphatic heterocycles. The Morgan fingerprint density at radius 2 is 1.83 bits per heavy atom. The molecule has 1 atom stereocenters. The number of nitrogens with zero attached hydrogens (tertiary/aromatic N) is 2. The van der Waals surface area contributed by atoms with Gasteiger partial charge in [-0.1, -0.05) is 82.6 Å². The average molecular weight is 603 g/mol. The van der Waals surface area contributed by atoms with Crippen molar-refractivity contribution in [1.29, 1.82) is 0 Å². The largest absolute Gasteiger partial charge is 0.493 e. The van der Waals surface area contributed by atoms with Crippen LogP contribution in [0.4, 0.5) is 0 Å². The lowest BCUT2D eigenvalue weighted by atomic mass is 9.95. The van der Waals surface area contributed by atoms with Crippen molar-refractivity contribution >= 4 is 35.0 Å². The van der Waals surface area contributed by atoms with Crippen molar-refractivity contribution < 1.29 is 19.0 Å². The van der Waals surface area contributed by atoms with Gasteiger partial charge in [0.1, 0.15) is 6.61 Å². The minimum Gasteiger partial charge on any atom is -0.493 e. The quantitative estimate of drug-likeness (QED) is 0.243. The summed E-state index contributed by atoms with van der Waals surface area (Å²) >= 11 is 7.90. The van der Waals surface area contributed by atoms with E-state index in [1.165, 1.54) is 11.3 Å². The molecule has 0 bridgehead atoms. The average Bonchev–Trinajstić information content (AvgIpc) is 3.26. The maximum absolute atomic E-state index is 13.9. The van der Waals surface area contributed by atoms with E-state index in [0.29, 0.717) is 49.3 Å². The Bertz CT molecular complexity index is 1870. The van der Waals surface area contributed by atoms with Gasteiger partial charge in [-0.2, -0.15) is 0 Å². The van der Waals surface area contributed by atoms with Gasteiger partial charge in [-0.25, -0.2) is 9.79 Å². The van der Waals surface area contributed by atoms with Gasteiger partial charge in [0.05, 0.1) is 40.6 Å². The molecule has 2 heterocycles. The van der Waals surface area contributed by atoms with Gasteiger partial charge in [0.25, 0.3) is 5.56 Å². The summed E-state index contributed by atoms with van der Waals surface area (Å²) < 4.78 is 19.0. The summed E-state index contributed by atoms with van der Waals surface area (Å²) in [5, 5.41) is 0.360. The molecule has 5 rings (SSSR count). The Balaban J connectivity index is 1.57. The standard InChI is InChI=1S/C33H31ClN2O5S/c1-6-40-32(38)28-21(4)35-33-36(29(28)24-12-10-19(2)11-13-24)31(37)27(42-33)17-23-15-25(34)30(26(16-23)39-5)41-18-22-9-7-8-20(3)14-22/h7-17,29H,6,18H2,1-5H3/b27-17+/t29-/m1/s1. The van der Waals surface area contributed by atoms with Gasteiger partial charge in [0, 0.05) is 0 Å². The second kappa shape index (κ2) is 12.4. The number of benzene rings is 3. The maximum atomic E-state index is 13.9. The number of carbonyl (C=O) groups is 1. The van der Waals surface area contributed by atoms with Gasteiger partial charge in [0.2, 0.25) is 0 Å². The van der Waals surface area contributed by atoms with Crippen LogP contribution in [-0.2, 0) is 16.1 Å². The summed E-state index contributed by atoms with van der Waals surface area (Å²) in [6.07, 6.45) is 1.75. The van der Waals surface area contributed by atoms with Gasteiger partial charge in [-0.05, 0) is 62.6 Å². The lowest BCUT2D eigenvalue weighted by molar-refractivity contribution is -0.139. The van der Waals surface area contributed by atoms with Gasteiger partial charge in [-0.3, -0.25) is 9.36 Å². The zero-order valence-corrected chi connectivity index (χ0v) is 25.6. The van der Waals surface area contributed by atoms with E-state index in [4.69, 9.17) is 25.8 Å². The molecule has 0 radical (unpaired) electrons. The van der Waals surface area contributed by atoms with Crippen molar-refractivity contribution in [2.45, 2.75) is 40.3 Å². The van der Waals surface area contributed by atoms with E-state index in [1.54, 1.807) is 43.7 Å². The third-order valence-corrected chi connectivity index (χ3v) is 8.19. The van der Waals surface area contributed by atoms with Crippen LogP contribution >= 0.6 is 22.9 Å². The molecule has 42 heavy (non-hydrogen) atoms. The summed E-state index contributed by atoms with van der Waals surface area (Å²) in [6, 6.07) is 18.7. The Kier molecular flexibility index (Phi) is 8.66. The third kappa shape index (κ3) is 5.91. The van der Waals surface area contributed by atoms with Crippen LogP contribution in [-0.4, -0.2) is 24.3 Å². The van der Waals surface area contributed by atoms with Crippen LogP contribution in [0.3, 0.4) is 0 Å². The van der Waals surface area contributed by atoms with Crippen molar-refractivity contribution in [3.05, 3.63) is 124 Å². The van der Waals surface area contributed by atoms with Crippen molar-refractivity contribution in [1.82, 2.24) is 4.57 Å². The molecule has 0 saturated heterocycles. The molecular formula is C33H31ClN2O5S. The number of thiazole rings is 1. The topological polar surface area (TPSA) is 79.1 Å². The van der Waals surface area contributed by atoms with Gasteiger partial charge in [-0.15, -0.1) is 0 Å². The number of carbonyl (C=O) groups excluding carboxylic acids is 1. The number of aromatic nitrogens is 1. The Labute approximate surface area is 253 Å². The second-order valence-electron chi connectivity index (χ2n) is 10.0. The summed E-state index contributed by atoms with van der Waals surface area (Å²) in [5.41, 5.74) is 5.28. The zero-order valence-electron chi connectivity index (χ0n) is 24.1. The van der Waals surface area contributed by atoms with Crippen LogP contribution in [0, 0.1) is 13.8 Å². The van der Waals surface area contributed by atoms with Crippen LogP contribution in [0.5, 0.6) is 11.5 Å². The van der Waals surface area contributed by atoms with Gasteiger partial charge < -0.3 is 14.2 Å². The van der Waals surface area contributed by atoms with E-state index in [2.05, 4.69) is 4.99 Å². The maximum Gasteiger partial charge on any atom is 0.338 e. The lowest BCUT2D eigenvalue weighted by Crippen LogP contribution is -2.39. The van der Waals surface area contributed by atoms with Gasteiger partial charge >= 0.3 is 5.97 Å². The van der Waals surface area contributed by atoms with Crippen LogP contribution in [0.1, 0.15) is 47.7 Å². The number of ether oxygens (including phenoxy) is 3. The Hall–Kier alpha value is -4.14. The van der Waals surface area contributed by atoms with Crippen LogP contribution < -0.4 is 24.4 Å². The van der Waals surface area contributed by atoms with E-state index < -0.39 is 12.0 Å². The van der Waals surface area contributed by atoms with E-state index in [1.807, 2.05) is 62.4 Å². The molecule has 9 heteroatoms. The molecule has 0 amide bonds. The molecule has 0 unspecified atom stereocenters. The summed E-state index contributed by atoms with van der Waals surface area (Å²) in [5.74, 6) is 0.386. The molecular weight excluding hydrogens is 572 g/mol. The van der Waals surface area contributed by atoms with Crippen LogP contribution in [0.15, 0.2) is 81.7 Å². The highest BCUT2D eigenvalue weighted by Crippen LogP contribution is 2.37. The molecule has 7 nitrogen and oxygen atoms in total. The normalized spacial score (nSPS) is 14.8. The molecule has 0 spiro atoms. The number of rotatable bonds is 8. The number of hydrogen-bond acceptors (Lipinski definition) is 7. The number of halogens is 1. The number of fused-ring (bicyclic) bond motifs is 1. The summed E-state index contributed by atoms with van der Waals surface area (Å²) in [4.78, 5) is 32.1. The SMILES string of the molecule is CCOC(=O)C1=C(C)N=c2s/c(=C/c3cc(Cl)c(OCc4cccc(C)c4)c(OC)c3)c(=O)n2[C@@H]1c1ccc(C)cc1. The second-order valence-corrected chi connectivity index (χ2v) is 11.4. The first-order chi connectivity index (χ1) is 20.2. The Morgan fingerprint density at radius 3 is 2.52 bits per heavy atom. The molecule has 4 aromatic rings. The first-order valence-electron chi connectivity index (χ1n) is 13.5. The predicted molar refractivity (Wildman–Crippen MR) is 165 cm³/mol. The smallest absolute Gasteiger partial charge is 0.338 e. The van der Waals surface area contributed by atoms with Crippen molar-refractivity contribution in [2.24, 2.45) is 4.99 Å². The van der Waals surface area contributed by atoms with E-state index >= 15 is 0 Å². The predicted octanol–water partition coefficient (Wildman–Crippen LogP) is 5.66. The van der Waals surface area contributed by atoms with E-state index in [-0.39, 0.29) is 12.2 Å². The number of methoxy groups -OCH3 is 1. The molecule has 1 aliphatic rings. The third-order valence-electron chi connectivity index (χ3n) is 6.93. The van der Waals surface area contributed by atoms with E-state index in [0.717, 1.165) is 22.3 Å². The molecule has 216 valence electrons. The fourth-order valence-corrected chi connectivity index (χ4v) is 6.25. The molecule has 0 fully saturated rings. The number of esters is 1. The zero-order chi connectivity index (χ0) is 30.0. The van der Waals surface area contributed by atoms with Crippen molar-refractivity contribution in [3.8, 4) is 11.5 Å². The van der Waals surface area contributed by atoms with Crippen molar-refractivity contribution in [3.63, 3.8) is 0 Å². The van der Waals surface area contributed by atoms with Crippen LogP contribution in [0.25, 0.3) is 6.08 Å². The molecule has 0 aliphatic carbocycles. The highest BCUT2D eigenvalue weighted by Gasteiger charge is 2.33. The highest BCUT2D eigenvalue weighted by molar-refractivity contribution is 7.07. The summed E-state index contributed by atoms with van der Waals surface area (Å²) in [6.45, 7) is 8.08. The number of hydrogen-bond donors (Lipinski definition) is 0. The molecule has 3 aromatic carbocycles.